The lowest BCUT2D eigenvalue weighted by Gasteiger charge is -1.95. The van der Waals surface area contributed by atoms with Crippen molar-refractivity contribution in [2.75, 3.05) is 7.05 Å². The van der Waals surface area contributed by atoms with Crippen molar-refractivity contribution in [1.29, 1.82) is 5.41 Å². The van der Waals surface area contributed by atoms with Gasteiger partial charge in [-0.2, -0.15) is 0 Å². The van der Waals surface area contributed by atoms with Gasteiger partial charge in [-0.15, -0.1) is 11.3 Å². The number of nitrogens with two attached hydrogens (primary N) is 1. The lowest BCUT2D eigenvalue weighted by atomic mass is 10.2. The first-order valence-electron chi connectivity index (χ1n) is 4.01. The Kier molecular flexibility index (Phi) is 3.55. The van der Waals surface area contributed by atoms with Crippen LogP contribution in [0.3, 0.4) is 0 Å². The number of rotatable bonds is 4. The van der Waals surface area contributed by atoms with Crippen LogP contribution in [0.25, 0.3) is 5.70 Å². The minimum Gasteiger partial charge on any atom is -0.477 e. The van der Waals surface area contributed by atoms with E-state index in [-0.39, 0.29) is 0 Å². The maximum atomic E-state index is 10.6. The summed E-state index contributed by atoms with van der Waals surface area (Å²) < 4.78 is 0. The molecule has 0 aliphatic rings. The number of allylic oxidation sites excluding steroid dienone is 1. The van der Waals surface area contributed by atoms with Crippen LogP contribution >= 0.6 is 11.3 Å². The van der Waals surface area contributed by atoms with Gasteiger partial charge in [-0.1, -0.05) is 0 Å². The molecule has 74 valence electrons. The molecule has 0 radical (unpaired) electrons. The zero-order valence-corrected chi connectivity index (χ0v) is 8.47. The second-order valence-electron chi connectivity index (χ2n) is 2.58. The van der Waals surface area contributed by atoms with Crippen LogP contribution in [0.2, 0.25) is 0 Å². The first-order valence-corrected chi connectivity index (χ1v) is 4.89. The molecule has 1 aromatic heterocycles. The Morgan fingerprint density at radius 1 is 1.71 bits per heavy atom. The number of hydrogen-bond donors (Lipinski definition) is 3. The van der Waals surface area contributed by atoms with Gasteiger partial charge in [0.05, 0.1) is 7.05 Å². The molecule has 0 fully saturated rings. The quantitative estimate of drug-likeness (QED) is 0.639. The molecule has 0 bridgehead atoms. The van der Waals surface area contributed by atoms with Crippen molar-refractivity contribution < 1.29 is 15.2 Å². The molecule has 0 aromatic carbocycles. The number of nitrogens with one attached hydrogen (secondary N) is 1. The summed E-state index contributed by atoms with van der Waals surface area (Å²) in [6.45, 7) is 0. The molecule has 0 aliphatic carbocycles. The van der Waals surface area contributed by atoms with Gasteiger partial charge >= 0.3 is 5.97 Å². The average molecular weight is 211 g/mol. The van der Waals surface area contributed by atoms with Gasteiger partial charge in [0.1, 0.15) is 10.6 Å². The Hall–Kier alpha value is -1.46. The molecule has 1 heterocycles. The van der Waals surface area contributed by atoms with Crippen LogP contribution in [-0.2, 0) is 0 Å². The van der Waals surface area contributed by atoms with Gasteiger partial charge in [0.25, 0.3) is 0 Å². The summed E-state index contributed by atoms with van der Waals surface area (Å²) in [6.07, 6.45) is 2.82. The van der Waals surface area contributed by atoms with Crippen LogP contribution in [0.1, 0.15) is 15.2 Å². The summed E-state index contributed by atoms with van der Waals surface area (Å²) >= 11 is 1.19. The van der Waals surface area contributed by atoms with E-state index in [0.717, 1.165) is 11.3 Å². The molecule has 4 nitrogen and oxygen atoms in total. The summed E-state index contributed by atoms with van der Waals surface area (Å²) in [5.41, 5.74) is 1.71. The second-order valence-corrected chi connectivity index (χ2v) is 3.49. The Morgan fingerprint density at radius 3 is 2.86 bits per heavy atom. The number of hydrogen-bond acceptors (Lipinski definition) is 3. The summed E-state index contributed by atoms with van der Waals surface area (Å²) in [5, 5.41) is 19.3. The van der Waals surface area contributed by atoms with Crippen molar-refractivity contribution in [3.05, 3.63) is 28.0 Å². The van der Waals surface area contributed by atoms with Gasteiger partial charge in [-0.25, -0.2) is 4.79 Å². The number of carbonyl (C=O) groups is 1. The molecular weight excluding hydrogens is 200 g/mol. The van der Waals surface area contributed by atoms with Crippen molar-refractivity contribution in [2.45, 2.75) is 0 Å². The highest BCUT2D eigenvalue weighted by molar-refractivity contribution is 7.12. The van der Waals surface area contributed by atoms with Crippen LogP contribution in [0, 0.1) is 5.41 Å². The van der Waals surface area contributed by atoms with Crippen LogP contribution in [0.4, 0.5) is 0 Å². The Morgan fingerprint density at radius 2 is 2.43 bits per heavy atom. The van der Waals surface area contributed by atoms with Gasteiger partial charge in [-0.05, 0) is 6.07 Å². The Bertz CT molecular complexity index is 382. The molecule has 0 unspecified atom stereocenters. The molecule has 5 heteroatoms. The number of carboxylic acid groups (broad SMARTS) is 1. The van der Waals surface area contributed by atoms with Crippen molar-refractivity contribution in [1.82, 2.24) is 0 Å². The van der Waals surface area contributed by atoms with Gasteiger partial charge < -0.3 is 15.8 Å². The average Bonchev–Trinajstić information content (AvgIpc) is 2.63. The maximum absolute atomic E-state index is 10.6. The number of carboxylic acids is 1. The Labute approximate surface area is 85.4 Å². The van der Waals surface area contributed by atoms with Crippen LogP contribution in [0.5, 0.6) is 0 Å². The van der Waals surface area contributed by atoms with E-state index in [0.29, 0.717) is 4.88 Å². The molecule has 4 N–H and O–H groups in total. The fourth-order valence-electron chi connectivity index (χ4n) is 1.05. The molecule has 0 saturated heterocycles. The largest absolute Gasteiger partial charge is 0.477 e. The third-order valence-electron chi connectivity index (χ3n) is 1.72. The van der Waals surface area contributed by atoms with E-state index in [4.69, 9.17) is 10.5 Å². The molecule has 0 atom stereocenters. The van der Waals surface area contributed by atoms with Crippen molar-refractivity contribution in [3.8, 4) is 0 Å². The van der Waals surface area contributed by atoms with E-state index in [9.17, 15) is 4.79 Å². The van der Waals surface area contributed by atoms with E-state index >= 15 is 0 Å². The highest BCUT2D eigenvalue weighted by atomic mass is 32.1. The third kappa shape index (κ3) is 2.27. The molecule has 1 aromatic rings. The maximum Gasteiger partial charge on any atom is 0.345 e. The van der Waals surface area contributed by atoms with Crippen molar-refractivity contribution >= 4 is 29.2 Å². The van der Waals surface area contributed by atoms with E-state index in [2.05, 4.69) is 0 Å². The summed E-state index contributed by atoms with van der Waals surface area (Å²) in [4.78, 5) is 10.9. The monoisotopic (exact) mass is 211 g/mol. The Balaban J connectivity index is 3.00. The highest BCUT2D eigenvalue weighted by Crippen LogP contribution is 2.17. The fraction of sp³-hybridized carbons (Fsp3) is 0.111. The van der Waals surface area contributed by atoms with Crippen LogP contribution in [-0.4, -0.2) is 24.3 Å². The van der Waals surface area contributed by atoms with Crippen LogP contribution < -0.4 is 5.32 Å². The molecule has 0 aliphatic heterocycles. The summed E-state index contributed by atoms with van der Waals surface area (Å²) in [5.74, 6) is -0.911. The normalized spacial score (nSPS) is 11.4. The number of thiophene rings is 1. The SMILES string of the molecule is C[NH2+]C(=CC=N)c1csc(C(=O)O)c1. The minimum atomic E-state index is -0.911. The molecule has 14 heavy (non-hydrogen) atoms. The molecular formula is C9H11N2O2S+. The number of aromatic carboxylic acids is 1. The predicted molar refractivity (Wildman–Crippen MR) is 55.9 cm³/mol. The topological polar surface area (TPSA) is 77.8 Å². The van der Waals surface area contributed by atoms with Gasteiger partial charge in [-0.3, -0.25) is 0 Å². The van der Waals surface area contributed by atoms with Gasteiger partial charge in [0.2, 0.25) is 0 Å². The molecule has 0 saturated carbocycles. The van der Waals surface area contributed by atoms with E-state index in [1.165, 1.54) is 17.6 Å². The van der Waals surface area contributed by atoms with Gasteiger partial charge in [0.15, 0.2) is 0 Å². The second kappa shape index (κ2) is 4.69. The lowest BCUT2D eigenvalue weighted by Crippen LogP contribution is -2.76. The predicted octanol–water partition coefficient (Wildman–Crippen LogP) is 0.630. The minimum absolute atomic E-state index is 0.317. The van der Waals surface area contributed by atoms with E-state index in [1.807, 2.05) is 12.4 Å². The standard InChI is InChI=1S/C9H10N2O2S/c1-11-7(2-3-10)6-4-8(9(12)13)14-5-6/h2-5,10-11H,1H3,(H,12,13)/p+1. The molecule has 1 rings (SSSR count). The zero-order chi connectivity index (χ0) is 10.6. The molecule has 0 amide bonds. The van der Waals surface area contributed by atoms with E-state index < -0.39 is 5.97 Å². The number of quaternary nitrogens is 1. The first-order chi connectivity index (χ1) is 6.69. The fourth-order valence-corrected chi connectivity index (χ4v) is 1.80. The van der Waals surface area contributed by atoms with Crippen molar-refractivity contribution in [3.63, 3.8) is 0 Å². The van der Waals surface area contributed by atoms with E-state index in [1.54, 1.807) is 17.5 Å². The molecule has 0 spiro atoms. The first kappa shape index (κ1) is 10.6. The van der Waals surface area contributed by atoms with Crippen LogP contribution in [0.15, 0.2) is 17.5 Å². The van der Waals surface area contributed by atoms with Gasteiger partial charge in [0, 0.05) is 23.2 Å². The summed E-state index contributed by atoms with van der Waals surface area (Å²) in [7, 11) is 1.85. The summed E-state index contributed by atoms with van der Waals surface area (Å²) in [6, 6.07) is 1.61. The zero-order valence-electron chi connectivity index (χ0n) is 7.65. The van der Waals surface area contributed by atoms with Crippen molar-refractivity contribution in [2.24, 2.45) is 0 Å². The smallest absolute Gasteiger partial charge is 0.345 e. The lowest BCUT2D eigenvalue weighted by molar-refractivity contribution is -0.530. The third-order valence-corrected chi connectivity index (χ3v) is 2.64. The highest BCUT2D eigenvalue weighted by Gasteiger charge is 2.10.